The van der Waals surface area contributed by atoms with Crippen molar-refractivity contribution in [1.82, 2.24) is 9.88 Å². The molecule has 0 radical (unpaired) electrons. The molecule has 1 aliphatic rings. The van der Waals surface area contributed by atoms with E-state index in [1.165, 1.54) is 4.90 Å². The average molecular weight is 248 g/mol. The molecular weight excluding hydrogens is 232 g/mol. The van der Waals surface area contributed by atoms with Crippen molar-refractivity contribution in [2.24, 2.45) is 0 Å². The quantitative estimate of drug-likeness (QED) is 0.860. The van der Waals surface area contributed by atoms with Crippen molar-refractivity contribution in [2.45, 2.75) is 32.2 Å². The number of aliphatic carboxylic acids is 1. The first-order chi connectivity index (χ1) is 8.59. The summed E-state index contributed by atoms with van der Waals surface area (Å²) in [6.45, 7) is 2.30. The summed E-state index contributed by atoms with van der Waals surface area (Å²) in [6.07, 6.45) is 2.22. The van der Waals surface area contributed by atoms with Gasteiger partial charge in [0.05, 0.1) is 0 Å². The van der Waals surface area contributed by atoms with Crippen LogP contribution >= 0.6 is 0 Å². The lowest BCUT2D eigenvalue weighted by Gasteiger charge is -2.32. The van der Waals surface area contributed by atoms with Gasteiger partial charge in [-0.1, -0.05) is 6.07 Å². The minimum absolute atomic E-state index is 0.286. The predicted octanol–water partition coefficient (Wildman–Crippen LogP) is 1.47. The first kappa shape index (κ1) is 12.5. The van der Waals surface area contributed by atoms with Crippen LogP contribution in [0.4, 0.5) is 0 Å². The van der Waals surface area contributed by atoms with Crippen LogP contribution in [0.5, 0.6) is 0 Å². The van der Waals surface area contributed by atoms with Crippen LogP contribution in [0.2, 0.25) is 0 Å². The Hall–Kier alpha value is -1.91. The summed E-state index contributed by atoms with van der Waals surface area (Å²) in [4.78, 5) is 29.0. The number of hydrogen-bond donors (Lipinski definition) is 1. The lowest BCUT2D eigenvalue weighted by molar-refractivity contribution is -0.143. The van der Waals surface area contributed by atoms with E-state index in [9.17, 15) is 9.59 Å². The fourth-order valence-electron chi connectivity index (χ4n) is 2.24. The molecule has 0 aromatic carbocycles. The highest BCUT2D eigenvalue weighted by Gasteiger charge is 2.32. The zero-order chi connectivity index (χ0) is 13.1. The number of carboxylic acid groups (broad SMARTS) is 1. The van der Waals surface area contributed by atoms with Crippen LogP contribution in [-0.4, -0.2) is 39.5 Å². The van der Waals surface area contributed by atoms with Crippen molar-refractivity contribution in [2.75, 3.05) is 6.54 Å². The number of carbonyl (C=O) groups is 2. The maximum Gasteiger partial charge on any atom is 0.326 e. The zero-order valence-corrected chi connectivity index (χ0v) is 10.3. The van der Waals surface area contributed by atoms with Gasteiger partial charge in [0.15, 0.2) is 0 Å². The third-order valence-electron chi connectivity index (χ3n) is 3.16. The van der Waals surface area contributed by atoms with Gasteiger partial charge in [-0.25, -0.2) is 9.78 Å². The second-order valence-corrected chi connectivity index (χ2v) is 4.51. The van der Waals surface area contributed by atoms with Gasteiger partial charge in [-0.05, 0) is 38.3 Å². The number of pyridine rings is 1. The molecule has 18 heavy (non-hydrogen) atoms. The molecular formula is C13H16N2O3. The molecule has 0 saturated carbocycles. The highest BCUT2D eigenvalue weighted by molar-refractivity contribution is 5.95. The Morgan fingerprint density at radius 2 is 2.17 bits per heavy atom. The van der Waals surface area contributed by atoms with Crippen LogP contribution in [0, 0.1) is 6.92 Å². The zero-order valence-electron chi connectivity index (χ0n) is 10.3. The second-order valence-electron chi connectivity index (χ2n) is 4.51. The number of aromatic nitrogens is 1. The predicted molar refractivity (Wildman–Crippen MR) is 65.3 cm³/mol. The summed E-state index contributed by atoms with van der Waals surface area (Å²) in [6, 6.07) is 4.48. The largest absolute Gasteiger partial charge is 0.480 e. The van der Waals surface area contributed by atoms with E-state index >= 15 is 0 Å². The molecule has 1 atom stereocenters. The Morgan fingerprint density at radius 1 is 1.39 bits per heavy atom. The van der Waals surface area contributed by atoms with Gasteiger partial charge < -0.3 is 10.0 Å². The molecule has 5 nitrogen and oxygen atoms in total. The average Bonchev–Trinajstić information content (AvgIpc) is 2.38. The standard InChI is InChI=1S/C13H16N2O3/c1-9-5-4-6-10(14-9)12(16)15-8-3-2-7-11(15)13(17)18/h4-6,11H,2-3,7-8H2,1H3,(H,17,18). The van der Waals surface area contributed by atoms with E-state index in [0.717, 1.165) is 18.5 Å². The first-order valence-corrected chi connectivity index (χ1v) is 6.07. The summed E-state index contributed by atoms with van der Waals surface area (Å²) in [5.41, 5.74) is 1.08. The van der Waals surface area contributed by atoms with Crippen LogP contribution in [0.15, 0.2) is 18.2 Å². The van der Waals surface area contributed by atoms with Crippen molar-refractivity contribution >= 4 is 11.9 Å². The van der Waals surface area contributed by atoms with Crippen LogP contribution in [0.25, 0.3) is 0 Å². The number of nitrogens with zero attached hydrogens (tertiary/aromatic N) is 2. The number of likely N-dealkylation sites (tertiary alicyclic amines) is 1. The van der Waals surface area contributed by atoms with E-state index in [2.05, 4.69) is 4.98 Å². The Kier molecular flexibility index (Phi) is 3.60. The number of rotatable bonds is 2. The number of amides is 1. The Bertz CT molecular complexity index is 473. The Morgan fingerprint density at radius 3 is 2.83 bits per heavy atom. The third kappa shape index (κ3) is 2.50. The SMILES string of the molecule is Cc1cccc(C(=O)N2CCCCC2C(=O)O)n1. The van der Waals surface area contributed by atoms with Gasteiger partial charge in [0.2, 0.25) is 0 Å². The smallest absolute Gasteiger partial charge is 0.326 e. The maximum absolute atomic E-state index is 12.3. The van der Waals surface area contributed by atoms with Crippen molar-refractivity contribution in [3.8, 4) is 0 Å². The summed E-state index contributed by atoms with van der Waals surface area (Å²) in [5.74, 6) is -1.22. The van der Waals surface area contributed by atoms with E-state index in [1.807, 2.05) is 13.0 Å². The molecule has 1 unspecified atom stereocenters. The fraction of sp³-hybridized carbons (Fsp3) is 0.462. The molecule has 1 amide bonds. The molecule has 2 heterocycles. The van der Waals surface area contributed by atoms with Crippen LogP contribution < -0.4 is 0 Å². The molecule has 1 saturated heterocycles. The molecule has 1 N–H and O–H groups in total. The van der Waals surface area contributed by atoms with Gasteiger partial charge in [-0.3, -0.25) is 4.79 Å². The molecule has 2 rings (SSSR count). The number of piperidine rings is 1. The maximum atomic E-state index is 12.3. The molecule has 1 fully saturated rings. The van der Waals surface area contributed by atoms with E-state index in [1.54, 1.807) is 12.1 Å². The fourth-order valence-corrected chi connectivity index (χ4v) is 2.24. The third-order valence-corrected chi connectivity index (χ3v) is 3.16. The van der Waals surface area contributed by atoms with E-state index in [-0.39, 0.29) is 5.91 Å². The number of aryl methyl sites for hydroxylation is 1. The van der Waals surface area contributed by atoms with Crippen molar-refractivity contribution in [3.05, 3.63) is 29.6 Å². The Balaban J connectivity index is 2.23. The topological polar surface area (TPSA) is 70.5 Å². The Labute approximate surface area is 105 Å². The van der Waals surface area contributed by atoms with E-state index in [0.29, 0.717) is 18.7 Å². The van der Waals surface area contributed by atoms with Crippen molar-refractivity contribution in [3.63, 3.8) is 0 Å². The highest BCUT2D eigenvalue weighted by Crippen LogP contribution is 2.19. The van der Waals surface area contributed by atoms with Gasteiger partial charge in [0.25, 0.3) is 5.91 Å². The molecule has 5 heteroatoms. The monoisotopic (exact) mass is 248 g/mol. The summed E-state index contributed by atoms with van der Waals surface area (Å²) in [5, 5.41) is 9.14. The molecule has 0 spiro atoms. The van der Waals surface area contributed by atoms with Gasteiger partial charge >= 0.3 is 5.97 Å². The van der Waals surface area contributed by atoms with Crippen LogP contribution in [0.3, 0.4) is 0 Å². The molecule has 0 aliphatic carbocycles. The van der Waals surface area contributed by atoms with E-state index < -0.39 is 12.0 Å². The summed E-state index contributed by atoms with van der Waals surface area (Å²) >= 11 is 0. The van der Waals surface area contributed by atoms with Gasteiger partial charge in [-0.15, -0.1) is 0 Å². The first-order valence-electron chi connectivity index (χ1n) is 6.07. The molecule has 1 aliphatic heterocycles. The lowest BCUT2D eigenvalue weighted by Crippen LogP contribution is -2.48. The second kappa shape index (κ2) is 5.16. The van der Waals surface area contributed by atoms with E-state index in [4.69, 9.17) is 5.11 Å². The normalized spacial score (nSPS) is 19.6. The molecule has 0 bridgehead atoms. The number of carboxylic acids is 1. The molecule has 96 valence electrons. The van der Waals surface area contributed by atoms with Gasteiger partial charge in [-0.2, -0.15) is 0 Å². The lowest BCUT2D eigenvalue weighted by atomic mass is 10.0. The minimum Gasteiger partial charge on any atom is -0.480 e. The van der Waals surface area contributed by atoms with Crippen LogP contribution in [-0.2, 0) is 4.79 Å². The minimum atomic E-state index is -0.935. The summed E-state index contributed by atoms with van der Waals surface area (Å²) in [7, 11) is 0. The highest BCUT2D eigenvalue weighted by atomic mass is 16.4. The number of hydrogen-bond acceptors (Lipinski definition) is 3. The molecule has 1 aromatic heterocycles. The number of carbonyl (C=O) groups excluding carboxylic acids is 1. The molecule has 1 aromatic rings. The van der Waals surface area contributed by atoms with Gasteiger partial charge in [0.1, 0.15) is 11.7 Å². The van der Waals surface area contributed by atoms with Gasteiger partial charge in [0, 0.05) is 12.2 Å². The van der Waals surface area contributed by atoms with Crippen molar-refractivity contribution < 1.29 is 14.7 Å². The van der Waals surface area contributed by atoms with Crippen molar-refractivity contribution in [1.29, 1.82) is 0 Å². The summed E-state index contributed by atoms with van der Waals surface area (Å²) < 4.78 is 0. The van der Waals surface area contributed by atoms with Crippen LogP contribution in [0.1, 0.15) is 35.4 Å².